The molecule has 0 aromatic heterocycles. The van der Waals surface area contributed by atoms with Crippen molar-refractivity contribution in [3.63, 3.8) is 0 Å². The second-order valence-electron chi connectivity index (χ2n) is 5.31. The molecule has 122 valence electrons. The van der Waals surface area contributed by atoms with Gasteiger partial charge in [-0.2, -0.15) is 0 Å². The van der Waals surface area contributed by atoms with Gasteiger partial charge in [-0.05, 0) is 18.1 Å². The maximum Gasteiger partial charge on any atom is 0.281 e. The van der Waals surface area contributed by atoms with Crippen LogP contribution in [0.4, 0.5) is 10.5 Å². The first-order chi connectivity index (χ1) is 10.8. The summed E-state index contributed by atoms with van der Waals surface area (Å²) in [6.07, 6.45) is 0.434. The van der Waals surface area contributed by atoms with Crippen molar-refractivity contribution in [2.45, 2.75) is 26.2 Å². The zero-order chi connectivity index (χ0) is 17.4. The molecule has 2 radical (unpaired) electrons. The number of hydrogen-bond donors (Lipinski definition) is 3. The van der Waals surface area contributed by atoms with Crippen LogP contribution in [0.3, 0.4) is 0 Å². The van der Waals surface area contributed by atoms with Crippen LogP contribution in [-0.2, 0) is 15.9 Å². The molecule has 1 aromatic rings. The summed E-state index contributed by atoms with van der Waals surface area (Å²) in [6, 6.07) is 6.46. The van der Waals surface area contributed by atoms with E-state index in [-0.39, 0.29) is 22.3 Å². The number of halogens is 1. The lowest BCUT2D eigenvalue weighted by atomic mass is 9.97. The van der Waals surface area contributed by atoms with Gasteiger partial charge in [-0.1, -0.05) is 37.9 Å². The van der Waals surface area contributed by atoms with Crippen LogP contribution in [0.25, 0.3) is 0 Å². The number of rotatable bonds is 7. The molecule has 0 heterocycles. The Hall–Kier alpha value is -1.58. The fourth-order valence-corrected chi connectivity index (χ4v) is 2.20. The summed E-state index contributed by atoms with van der Waals surface area (Å²) in [6.45, 7) is 3.46. The van der Waals surface area contributed by atoms with Crippen molar-refractivity contribution in [3.8, 4) is 0 Å². The lowest BCUT2D eigenvalue weighted by Crippen LogP contribution is -2.49. The normalized spacial score (nSPS) is 11.7. The van der Waals surface area contributed by atoms with E-state index in [2.05, 4.69) is 16.0 Å². The van der Waals surface area contributed by atoms with E-state index in [4.69, 9.17) is 7.85 Å². The van der Waals surface area contributed by atoms with E-state index >= 15 is 0 Å². The largest absolute Gasteiger partial charge is 0.345 e. The van der Waals surface area contributed by atoms with E-state index in [0.717, 1.165) is 5.56 Å². The van der Waals surface area contributed by atoms with Gasteiger partial charge >= 0.3 is 0 Å². The van der Waals surface area contributed by atoms with Crippen LogP contribution in [0.15, 0.2) is 24.3 Å². The Kier molecular flexibility index (Phi) is 8.08. The highest BCUT2D eigenvalue weighted by molar-refractivity contribution is 14.1. The molecule has 6 nitrogen and oxygen atoms in total. The Morgan fingerprint density at radius 1 is 1.17 bits per heavy atom. The van der Waals surface area contributed by atoms with Gasteiger partial charge in [-0.25, -0.2) is 0 Å². The first-order valence-electron chi connectivity index (χ1n) is 7.16. The molecule has 0 bridgehead atoms. The van der Waals surface area contributed by atoms with Crippen molar-refractivity contribution in [1.29, 1.82) is 0 Å². The Balaban J connectivity index is 2.50. The van der Waals surface area contributed by atoms with E-state index in [1.165, 1.54) is 0 Å². The highest BCUT2D eigenvalue weighted by Gasteiger charge is 2.23. The molecule has 0 fully saturated rings. The monoisotopic (exact) mass is 427 g/mol. The predicted molar refractivity (Wildman–Crippen MR) is 98.7 cm³/mol. The average Bonchev–Trinajstić information content (AvgIpc) is 2.50. The zero-order valence-electron chi connectivity index (χ0n) is 13.1. The van der Waals surface area contributed by atoms with E-state index in [9.17, 15) is 14.4 Å². The first kappa shape index (κ1) is 19.5. The van der Waals surface area contributed by atoms with Crippen LogP contribution in [0, 0.1) is 5.92 Å². The van der Waals surface area contributed by atoms with Crippen molar-refractivity contribution >= 4 is 51.9 Å². The van der Waals surface area contributed by atoms with Crippen LogP contribution in [0.1, 0.15) is 19.4 Å². The average molecular weight is 427 g/mol. The Labute approximate surface area is 150 Å². The maximum atomic E-state index is 12.0. The molecular weight excluding hydrogens is 408 g/mol. The molecule has 1 aromatic carbocycles. The van der Waals surface area contributed by atoms with Gasteiger partial charge < -0.3 is 16.0 Å². The van der Waals surface area contributed by atoms with E-state index in [0.29, 0.717) is 12.0 Å². The lowest BCUT2D eigenvalue weighted by Gasteiger charge is -2.20. The second kappa shape index (κ2) is 9.54. The summed E-state index contributed by atoms with van der Waals surface area (Å²) in [5.74, 6) is -0.818. The van der Waals surface area contributed by atoms with Crippen molar-refractivity contribution in [2.24, 2.45) is 5.92 Å². The van der Waals surface area contributed by atoms with E-state index < -0.39 is 11.9 Å². The minimum absolute atomic E-state index is 0.0828. The number of nitrogens with one attached hydrogen (secondary N) is 3. The highest BCUT2D eigenvalue weighted by atomic mass is 127. The van der Waals surface area contributed by atoms with Gasteiger partial charge in [0.05, 0.1) is 14.4 Å². The summed E-state index contributed by atoms with van der Waals surface area (Å²) in [4.78, 5) is 35.0. The molecule has 3 amide bonds. The van der Waals surface area contributed by atoms with Crippen LogP contribution >= 0.6 is 22.6 Å². The molecule has 0 saturated carbocycles. The summed E-state index contributed by atoms with van der Waals surface area (Å²) in [5.41, 5.74) is 1.59. The van der Waals surface area contributed by atoms with E-state index in [1.807, 2.05) is 26.0 Å². The van der Waals surface area contributed by atoms with Crippen LogP contribution in [0.5, 0.6) is 0 Å². The van der Waals surface area contributed by atoms with Crippen molar-refractivity contribution in [3.05, 3.63) is 29.8 Å². The SMILES string of the molecule is [B]Cc1ccc(NC(=O)CNC(=O)[C@@H](NC(=O)I)C(C)C)cc1. The molecule has 0 saturated heterocycles. The van der Waals surface area contributed by atoms with Crippen molar-refractivity contribution in [1.82, 2.24) is 10.6 Å². The van der Waals surface area contributed by atoms with Gasteiger partial charge in [0.1, 0.15) is 6.04 Å². The fraction of sp³-hybridized carbons (Fsp3) is 0.400. The number of carbonyl (C=O) groups is 3. The van der Waals surface area contributed by atoms with Crippen molar-refractivity contribution in [2.75, 3.05) is 11.9 Å². The molecule has 1 rings (SSSR count). The Morgan fingerprint density at radius 2 is 1.78 bits per heavy atom. The Morgan fingerprint density at radius 3 is 2.26 bits per heavy atom. The van der Waals surface area contributed by atoms with Gasteiger partial charge in [0.25, 0.3) is 3.91 Å². The quantitative estimate of drug-likeness (QED) is 0.268. The summed E-state index contributed by atoms with van der Waals surface area (Å²) < 4.78 is -0.319. The standard InChI is InChI=1S/C15H19BIN3O3/c1-9(2)13(20-15(17)23)14(22)18-8-12(21)19-11-5-3-10(7-16)4-6-11/h3-6,9,13H,7-8H2,1-2H3,(H,18,22)(H,19,21)(H,20,23)/t13-/m0/s1. The first-order valence-corrected chi connectivity index (χ1v) is 8.24. The second-order valence-corrected chi connectivity index (χ2v) is 6.29. The molecule has 0 aliphatic carbocycles. The zero-order valence-corrected chi connectivity index (χ0v) is 15.2. The van der Waals surface area contributed by atoms with E-state index in [1.54, 1.807) is 34.7 Å². The third-order valence-corrected chi connectivity index (χ3v) is 3.43. The van der Waals surface area contributed by atoms with Crippen molar-refractivity contribution < 1.29 is 14.4 Å². The third kappa shape index (κ3) is 7.02. The van der Waals surface area contributed by atoms with Crippen LogP contribution in [-0.4, -0.2) is 36.2 Å². The number of anilines is 1. The molecule has 0 aliphatic rings. The minimum Gasteiger partial charge on any atom is -0.345 e. The van der Waals surface area contributed by atoms with Gasteiger partial charge in [-0.15, -0.1) is 0 Å². The van der Waals surface area contributed by atoms with Gasteiger partial charge in [0.2, 0.25) is 11.8 Å². The topological polar surface area (TPSA) is 87.3 Å². The number of amides is 3. The summed E-state index contributed by atoms with van der Waals surface area (Å²) in [5, 5.41) is 7.75. The van der Waals surface area contributed by atoms with Crippen LogP contribution in [0.2, 0.25) is 0 Å². The smallest absolute Gasteiger partial charge is 0.281 e. The highest BCUT2D eigenvalue weighted by Crippen LogP contribution is 2.09. The number of carbonyl (C=O) groups excluding carboxylic acids is 3. The molecule has 8 heteroatoms. The van der Waals surface area contributed by atoms with Crippen LogP contribution < -0.4 is 16.0 Å². The number of hydrogen-bond acceptors (Lipinski definition) is 3. The number of benzene rings is 1. The molecule has 0 spiro atoms. The molecule has 23 heavy (non-hydrogen) atoms. The van der Waals surface area contributed by atoms with Gasteiger partial charge in [0, 0.05) is 28.3 Å². The summed E-state index contributed by atoms with van der Waals surface area (Å²) >= 11 is 1.57. The van der Waals surface area contributed by atoms with Gasteiger partial charge in [-0.3, -0.25) is 14.4 Å². The Bertz CT molecular complexity index is 564. The molecule has 3 N–H and O–H groups in total. The minimum atomic E-state index is -0.670. The molecule has 0 unspecified atom stereocenters. The predicted octanol–water partition coefficient (Wildman–Crippen LogP) is 1.58. The summed E-state index contributed by atoms with van der Waals surface area (Å²) in [7, 11) is 5.50. The molecule has 1 atom stereocenters. The third-order valence-electron chi connectivity index (χ3n) is 3.11. The molecular formula is C15H19BIN3O3. The lowest BCUT2D eigenvalue weighted by molar-refractivity contribution is -0.126. The van der Waals surface area contributed by atoms with Gasteiger partial charge in [0.15, 0.2) is 0 Å². The fourth-order valence-electron chi connectivity index (χ4n) is 1.86. The molecule has 0 aliphatic heterocycles. The maximum absolute atomic E-state index is 12.0.